The predicted octanol–water partition coefficient (Wildman–Crippen LogP) is 4.20. The van der Waals surface area contributed by atoms with Crippen molar-refractivity contribution in [2.75, 3.05) is 0 Å². The fraction of sp³-hybridized carbons (Fsp3) is 0. The first-order valence-corrected chi connectivity index (χ1v) is 5.79. The zero-order chi connectivity index (χ0) is 11.2. The van der Waals surface area contributed by atoms with Crippen LogP contribution < -0.4 is 4.73 Å². The molecule has 2 aromatic rings. The molecule has 0 spiro atoms. The van der Waals surface area contributed by atoms with Crippen LogP contribution in [0.4, 0.5) is 0 Å². The molecule has 1 aromatic carbocycles. The Labute approximate surface area is 109 Å². The molecule has 0 atom stereocenters. The molecule has 0 saturated carbocycles. The SMILES string of the molecule is [O-][n+]1c(Cl)cc(Cl)c2cc(Cl)c(Br)cc21. The second-order valence-electron chi connectivity index (χ2n) is 2.89. The summed E-state index contributed by atoms with van der Waals surface area (Å²) < 4.78 is 1.23. The smallest absolute Gasteiger partial charge is 0.288 e. The average molecular weight is 327 g/mol. The van der Waals surface area contributed by atoms with Crippen LogP contribution in [0.15, 0.2) is 22.7 Å². The Morgan fingerprint density at radius 2 is 1.73 bits per heavy atom. The highest BCUT2D eigenvalue weighted by Gasteiger charge is 2.14. The molecule has 0 aliphatic carbocycles. The molecule has 0 bridgehead atoms. The molecule has 0 unspecified atom stereocenters. The molecular weight excluding hydrogens is 324 g/mol. The highest BCUT2D eigenvalue weighted by atomic mass is 79.9. The second-order valence-corrected chi connectivity index (χ2v) is 4.95. The minimum absolute atomic E-state index is 0.0294. The molecule has 0 amide bonds. The fourth-order valence-corrected chi connectivity index (χ4v) is 2.26. The van der Waals surface area contributed by atoms with Gasteiger partial charge in [0, 0.05) is 16.6 Å². The van der Waals surface area contributed by atoms with E-state index in [0.717, 1.165) is 0 Å². The molecule has 1 heterocycles. The van der Waals surface area contributed by atoms with Crippen molar-refractivity contribution in [1.82, 2.24) is 0 Å². The van der Waals surface area contributed by atoms with Gasteiger partial charge in [0.15, 0.2) is 0 Å². The zero-order valence-electron chi connectivity index (χ0n) is 7.10. The standard InChI is InChI=1S/C9H3BrCl3NO/c10-5-2-8-4(1-7(5)12)6(11)3-9(13)14(8)15/h1-3H. The van der Waals surface area contributed by atoms with Crippen LogP contribution in [0.2, 0.25) is 15.2 Å². The summed E-state index contributed by atoms with van der Waals surface area (Å²) in [6.07, 6.45) is 0. The van der Waals surface area contributed by atoms with Gasteiger partial charge in [0.1, 0.15) is 0 Å². The van der Waals surface area contributed by atoms with Crippen molar-refractivity contribution in [3.05, 3.63) is 43.1 Å². The molecule has 2 nitrogen and oxygen atoms in total. The molecule has 0 N–H and O–H groups in total. The maximum atomic E-state index is 11.6. The van der Waals surface area contributed by atoms with Crippen molar-refractivity contribution < 1.29 is 4.73 Å². The maximum Gasteiger partial charge on any atom is 0.288 e. The lowest BCUT2D eigenvalue weighted by Crippen LogP contribution is -2.28. The van der Waals surface area contributed by atoms with Crippen LogP contribution in [0.3, 0.4) is 0 Å². The summed E-state index contributed by atoms with van der Waals surface area (Å²) in [6, 6.07) is 4.60. The van der Waals surface area contributed by atoms with Gasteiger partial charge in [-0.2, -0.15) is 4.73 Å². The van der Waals surface area contributed by atoms with Crippen molar-refractivity contribution in [2.24, 2.45) is 0 Å². The molecule has 15 heavy (non-hydrogen) atoms. The Morgan fingerprint density at radius 1 is 1.07 bits per heavy atom. The van der Waals surface area contributed by atoms with E-state index in [-0.39, 0.29) is 5.15 Å². The highest BCUT2D eigenvalue weighted by Crippen LogP contribution is 2.31. The van der Waals surface area contributed by atoms with Crippen molar-refractivity contribution >= 4 is 61.6 Å². The number of benzene rings is 1. The number of pyridine rings is 1. The van der Waals surface area contributed by atoms with E-state index >= 15 is 0 Å². The summed E-state index contributed by atoms with van der Waals surface area (Å²) >= 11 is 20.8. The third-order valence-corrected chi connectivity index (χ3v) is 3.73. The van der Waals surface area contributed by atoms with E-state index in [4.69, 9.17) is 34.8 Å². The Kier molecular flexibility index (Phi) is 2.99. The van der Waals surface area contributed by atoms with Crippen molar-refractivity contribution in [3.8, 4) is 0 Å². The Morgan fingerprint density at radius 3 is 2.40 bits per heavy atom. The van der Waals surface area contributed by atoms with Crippen LogP contribution in [-0.4, -0.2) is 0 Å². The van der Waals surface area contributed by atoms with Gasteiger partial charge >= 0.3 is 0 Å². The first-order chi connectivity index (χ1) is 7.00. The first kappa shape index (κ1) is 11.3. The summed E-state index contributed by atoms with van der Waals surface area (Å²) in [4.78, 5) is 0. The Bertz CT molecular complexity index is 559. The average Bonchev–Trinajstić information content (AvgIpc) is 2.18. The van der Waals surface area contributed by atoms with E-state index in [1.807, 2.05) is 0 Å². The molecule has 1 aromatic heterocycles. The van der Waals surface area contributed by atoms with E-state index in [2.05, 4.69) is 15.9 Å². The molecule has 6 heteroatoms. The lowest BCUT2D eigenvalue weighted by atomic mass is 10.2. The normalized spacial score (nSPS) is 10.9. The summed E-state index contributed by atoms with van der Waals surface area (Å²) in [5.41, 5.74) is 0.378. The van der Waals surface area contributed by atoms with Crippen molar-refractivity contribution in [2.45, 2.75) is 0 Å². The predicted molar refractivity (Wildman–Crippen MR) is 65.6 cm³/mol. The van der Waals surface area contributed by atoms with Gasteiger partial charge in [0.2, 0.25) is 5.52 Å². The van der Waals surface area contributed by atoms with E-state index in [9.17, 15) is 5.21 Å². The summed E-state index contributed by atoms with van der Waals surface area (Å²) in [6.45, 7) is 0. The van der Waals surface area contributed by atoms with Gasteiger partial charge in [-0.05, 0) is 33.6 Å². The third kappa shape index (κ3) is 1.89. The summed E-state index contributed by atoms with van der Waals surface area (Å²) in [5.74, 6) is 0. The van der Waals surface area contributed by atoms with E-state index in [1.54, 1.807) is 12.1 Å². The molecule has 0 saturated heterocycles. The van der Waals surface area contributed by atoms with Crippen LogP contribution in [0.1, 0.15) is 0 Å². The van der Waals surface area contributed by atoms with Crippen LogP contribution in [0, 0.1) is 5.21 Å². The van der Waals surface area contributed by atoms with E-state index < -0.39 is 0 Å². The van der Waals surface area contributed by atoms with Gasteiger partial charge in [0.05, 0.1) is 15.4 Å². The topological polar surface area (TPSA) is 26.9 Å². The number of hydrogen-bond donors (Lipinski definition) is 0. The van der Waals surface area contributed by atoms with Crippen molar-refractivity contribution in [3.63, 3.8) is 0 Å². The molecule has 0 radical (unpaired) electrons. The number of nitrogens with zero attached hydrogens (tertiary/aromatic N) is 1. The Hall–Kier alpha value is -0.220. The number of hydrogen-bond acceptors (Lipinski definition) is 1. The van der Waals surface area contributed by atoms with Gasteiger partial charge in [-0.25, -0.2) is 0 Å². The lowest BCUT2D eigenvalue weighted by Gasteiger charge is -2.06. The first-order valence-electron chi connectivity index (χ1n) is 3.87. The van der Waals surface area contributed by atoms with Crippen LogP contribution in [-0.2, 0) is 0 Å². The monoisotopic (exact) mass is 325 g/mol. The summed E-state index contributed by atoms with van der Waals surface area (Å²) in [7, 11) is 0. The number of rotatable bonds is 0. The molecule has 0 fully saturated rings. The van der Waals surface area contributed by atoms with Gasteiger partial charge in [-0.1, -0.05) is 23.2 Å². The van der Waals surface area contributed by atoms with E-state index in [0.29, 0.717) is 30.2 Å². The van der Waals surface area contributed by atoms with Crippen LogP contribution in [0.5, 0.6) is 0 Å². The van der Waals surface area contributed by atoms with Crippen LogP contribution >= 0.6 is 50.7 Å². The minimum Gasteiger partial charge on any atom is -0.617 e. The van der Waals surface area contributed by atoms with Gasteiger partial charge in [-0.15, -0.1) is 0 Å². The highest BCUT2D eigenvalue weighted by molar-refractivity contribution is 9.10. The van der Waals surface area contributed by atoms with Gasteiger partial charge in [0.25, 0.3) is 5.15 Å². The molecule has 0 aliphatic rings. The van der Waals surface area contributed by atoms with Crippen LogP contribution in [0.25, 0.3) is 10.9 Å². The largest absolute Gasteiger partial charge is 0.617 e. The van der Waals surface area contributed by atoms with Gasteiger partial charge in [-0.3, -0.25) is 0 Å². The van der Waals surface area contributed by atoms with Crippen molar-refractivity contribution in [1.29, 1.82) is 0 Å². The number of aromatic nitrogens is 1. The molecule has 78 valence electrons. The molecular formula is C9H3BrCl3NO. The zero-order valence-corrected chi connectivity index (χ0v) is 11.0. The van der Waals surface area contributed by atoms with E-state index in [1.165, 1.54) is 6.07 Å². The number of fused-ring (bicyclic) bond motifs is 1. The third-order valence-electron chi connectivity index (χ3n) is 1.95. The quantitative estimate of drug-likeness (QED) is 0.405. The maximum absolute atomic E-state index is 11.6. The second kappa shape index (κ2) is 3.98. The molecule has 0 aliphatic heterocycles. The summed E-state index contributed by atoms with van der Waals surface area (Å²) in [5, 5.41) is 13.1. The fourth-order valence-electron chi connectivity index (χ4n) is 1.25. The minimum atomic E-state index is 0.0294. The van der Waals surface area contributed by atoms with Gasteiger partial charge < -0.3 is 5.21 Å². The molecule has 2 rings (SSSR count). The number of halogens is 4. The Balaban J connectivity index is 2.97. The lowest BCUT2D eigenvalue weighted by molar-refractivity contribution is -0.574.